The van der Waals surface area contributed by atoms with Gasteiger partial charge in [-0.3, -0.25) is 0 Å². The molecule has 1 heterocycles. The molecule has 0 saturated heterocycles. The van der Waals surface area contributed by atoms with Crippen molar-refractivity contribution >= 4 is 21.2 Å². The summed E-state index contributed by atoms with van der Waals surface area (Å²) in [6.07, 6.45) is 0. The van der Waals surface area contributed by atoms with Crippen molar-refractivity contribution in [3.63, 3.8) is 0 Å². The first-order valence-electron chi connectivity index (χ1n) is 5.52. The van der Waals surface area contributed by atoms with E-state index >= 15 is 0 Å². The van der Waals surface area contributed by atoms with Crippen LogP contribution < -0.4 is 0 Å². The Morgan fingerprint density at radius 1 is 1.17 bits per heavy atom. The predicted molar refractivity (Wildman–Crippen MR) is 70.3 cm³/mol. The minimum absolute atomic E-state index is 0.217. The highest BCUT2D eigenvalue weighted by Crippen LogP contribution is 2.20. The zero-order chi connectivity index (χ0) is 13.3. The highest BCUT2D eigenvalue weighted by atomic mass is 32.2. The van der Waals surface area contributed by atoms with E-state index in [0.29, 0.717) is 5.76 Å². The first kappa shape index (κ1) is 13.1. The van der Waals surface area contributed by atoms with E-state index < -0.39 is 10.2 Å². The molecule has 0 spiro atoms. The number of furan rings is 1. The van der Waals surface area contributed by atoms with E-state index in [9.17, 15) is 8.42 Å². The van der Waals surface area contributed by atoms with Crippen LogP contribution in [0.5, 0.6) is 0 Å². The van der Waals surface area contributed by atoms with Crippen LogP contribution in [0.3, 0.4) is 0 Å². The molecule has 1 aromatic heterocycles. The van der Waals surface area contributed by atoms with Gasteiger partial charge < -0.3 is 4.42 Å². The summed E-state index contributed by atoms with van der Waals surface area (Å²) in [4.78, 5) is 0. The first-order valence-corrected chi connectivity index (χ1v) is 6.92. The third-order valence-corrected chi connectivity index (χ3v) is 4.55. The lowest BCUT2D eigenvalue weighted by atomic mass is 10.2. The fourth-order valence-electron chi connectivity index (χ4n) is 1.69. The zero-order valence-corrected chi connectivity index (χ0v) is 11.4. The number of hydrogen-bond donors (Lipinski definition) is 0. The molecule has 0 fully saturated rings. The van der Waals surface area contributed by atoms with Gasteiger partial charge >= 0.3 is 0 Å². The molecule has 2 aromatic rings. The van der Waals surface area contributed by atoms with Crippen LogP contribution in [0.25, 0.3) is 11.0 Å². The molecule has 5 nitrogen and oxygen atoms in total. The molecule has 6 heteroatoms. The molecule has 18 heavy (non-hydrogen) atoms. The Kier molecular flexibility index (Phi) is 3.43. The monoisotopic (exact) mass is 268 g/mol. The Bertz CT molecular complexity index is 613. The first-order chi connectivity index (χ1) is 8.41. The van der Waals surface area contributed by atoms with Gasteiger partial charge in [-0.2, -0.15) is 17.0 Å². The van der Waals surface area contributed by atoms with Gasteiger partial charge in [0.25, 0.3) is 10.2 Å². The summed E-state index contributed by atoms with van der Waals surface area (Å²) in [5.41, 5.74) is 0.767. The van der Waals surface area contributed by atoms with Crippen LogP contribution in [0, 0.1) is 0 Å². The lowest BCUT2D eigenvalue weighted by Crippen LogP contribution is -2.36. The summed E-state index contributed by atoms with van der Waals surface area (Å²) < 4.78 is 31.7. The van der Waals surface area contributed by atoms with E-state index in [1.807, 2.05) is 30.3 Å². The van der Waals surface area contributed by atoms with E-state index in [0.717, 1.165) is 11.0 Å². The average molecular weight is 268 g/mol. The van der Waals surface area contributed by atoms with Crippen LogP contribution in [0.2, 0.25) is 0 Å². The second-order valence-corrected chi connectivity index (χ2v) is 6.55. The maximum absolute atomic E-state index is 11.9. The van der Waals surface area contributed by atoms with Gasteiger partial charge in [0, 0.05) is 26.5 Å². The van der Waals surface area contributed by atoms with E-state index in [-0.39, 0.29) is 6.54 Å². The van der Waals surface area contributed by atoms with Gasteiger partial charge in [-0.25, -0.2) is 0 Å². The number of hydrogen-bond acceptors (Lipinski definition) is 3. The summed E-state index contributed by atoms with van der Waals surface area (Å²) in [6.45, 7) is 0.217. The van der Waals surface area contributed by atoms with E-state index in [1.54, 1.807) is 0 Å². The minimum atomic E-state index is -3.41. The third-order valence-electron chi connectivity index (χ3n) is 2.71. The molecule has 0 aliphatic heterocycles. The van der Waals surface area contributed by atoms with Crippen molar-refractivity contribution < 1.29 is 12.8 Å². The van der Waals surface area contributed by atoms with Crippen molar-refractivity contribution in [1.29, 1.82) is 0 Å². The lowest BCUT2D eigenvalue weighted by Gasteiger charge is -2.20. The van der Waals surface area contributed by atoms with Crippen LogP contribution >= 0.6 is 0 Å². The van der Waals surface area contributed by atoms with E-state index in [1.165, 1.54) is 29.8 Å². The Hall–Kier alpha value is -1.37. The van der Waals surface area contributed by atoms with Gasteiger partial charge in [-0.1, -0.05) is 18.2 Å². The molecule has 0 atom stereocenters. The molecule has 0 aliphatic carbocycles. The Labute approximate surface area is 107 Å². The highest BCUT2D eigenvalue weighted by Gasteiger charge is 2.21. The fourth-order valence-corrected chi connectivity index (χ4v) is 2.54. The van der Waals surface area contributed by atoms with Crippen LogP contribution in [0.15, 0.2) is 34.7 Å². The van der Waals surface area contributed by atoms with Crippen molar-refractivity contribution in [3.05, 3.63) is 36.1 Å². The molecule has 0 bridgehead atoms. The standard InChI is InChI=1S/C12H16N2O3S/c1-13(2)18(15,16)14(3)9-11-8-10-6-4-5-7-12(10)17-11/h4-8H,9H2,1-3H3. The number of para-hydroxylation sites is 1. The second kappa shape index (κ2) is 4.72. The van der Waals surface area contributed by atoms with Gasteiger partial charge in [0.15, 0.2) is 0 Å². The maximum Gasteiger partial charge on any atom is 0.281 e. The van der Waals surface area contributed by atoms with Crippen LogP contribution in [-0.4, -0.2) is 38.2 Å². The third kappa shape index (κ3) is 2.40. The number of fused-ring (bicyclic) bond motifs is 1. The summed E-state index contributed by atoms with van der Waals surface area (Å²) in [7, 11) is 1.13. The van der Waals surface area contributed by atoms with Crippen molar-refractivity contribution in [1.82, 2.24) is 8.61 Å². The topological polar surface area (TPSA) is 53.8 Å². The fraction of sp³-hybridized carbons (Fsp3) is 0.333. The summed E-state index contributed by atoms with van der Waals surface area (Å²) in [5, 5.41) is 0.975. The average Bonchev–Trinajstić information content (AvgIpc) is 2.70. The number of rotatable bonds is 4. The normalized spacial score (nSPS) is 12.7. The van der Waals surface area contributed by atoms with E-state index in [2.05, 4.69) is 0 Å². The Balaban J connectivity index is 2.24. The minimum Gasteiger partial charge on any atom is -0.460 e. The highest BCUT2D eigenvalue weighted by molar-refractivity contribution is 7.86. The van der Waals surface area contributed by atoms with E-state index in [4.69, 9.17) is 4.42 Å². The molecular weight excluding hydrogens is 252 g/mol. The molecule has 0 aliphatic rings. The van der Waals surface area contributed by atoms with Crippen molar-refractivity contribution in [2.45, 2.75) is 6.54 Å². The van der Waals surface area contributed by atoms with Crippen LogP contribution in [0.4, 0.5) is 0 Å². The van der Waals surface area contributed by atoms with Crippen molar-refractivity contribution in [2.24, 2.45) is 0 Å². The van der Waals surface area contributed by atoms with Crippen molar-refractivity contribution in [3.8, 4) is 0 Å². The molecule has 2 rings (SSSR count). The number of benzene rings is 1. The molecule has 0 N–H and O–H groups in total. The zero-order valence-electron chi connectivity index (χ0n) is 10.6. The molecule has 0 amide bonds. The summed E-state index contributed by atoms with van der Waals surface area (Å²) in [5.74, 6) is 0.629. The molecule has 0 unspecified atom stereocenters. The van der Waals surface area contributed by atoms with Gasteiger partial charge in [0.2, 0.25) is 0 Å². The quantitative estimate of drug-likeness (QED) is 0.847. The summed E-state index contributed by atoms with van der Waals surface area (Å²) in [6, 6.07) is 9.46. The molecule has 0 radical (unpaired) electrons. The molecule has 1 aromatic carbocycles. The van der Waals surface area contributed by atoms with Gasteiger partial charge in [0.05, 0.1) is 6.54 Å². The van der Waals surface area contributed by atoms with Crippen LogP contribution in [0.1, 0.15) is 5.76 Å². The SMILES string of the molecule is CN(C)S(=O)(=O)N(C)Cc1cc2ccccc2o1. The van der Waals surface area contributed by atoms with Gasteiger partial charge in [-0.05, 0) is 12.1 Å². The largest absolute Gasteiger partial charge is 0.460 e. The van der Waals surface area contributed by atoms with Crippen molar-refractivity contribution in [2.75, 3.05) is 21.1 Å². The van der Waals surface area contributed by atoms with Gasteiger partial charge in [0.1, 0.15) is 11.3 Å². The van der Waals surface area contributed by atoms with Crippen LogP contribution in [-0.2, 0) is 16.8 Å². The smallest absolute Gasteiger partial charge is 0.281 e. The molecule has 0 saturated carbocycles. The Morgan fingerprint density at radius 2 is 1.83 bits per heavy atom. The maximum atomic E-state index is 11.9. The van der Waals surface area contributed by atoms with Gasteiger partial charge in [-0.15, -0.1) is 0 Å². The Morgan fingerprint density at radius 3 is 2.44 bits per heavy atom. The second-order valence-electron chi connectivity index (χ2n) is 4.30. The number of nitrogens with zero attached hydrogens (tertiary/aromatic N) is 2. The molecule has 98 valence electrons. The predicted octanol–water partition coefficient (Wildman–Crippen LogP) is 1.67. The molecular formula is C12H16N2O3S. The lowest BCUT2D eigenvalue weighted by molar-refractivity contribution is 0.385. The summed E-state index contributed by atoms with van der Waals surface area (Å²) >= 11 is 0.